The molecule has 1 aliphatic carbocycles. The van der Waals surface area contributed by atoms with E-state index in [9.17, 15) is 9.18 Å². The first-order valence-electron chi connectivity index (χ1n) is 7.11. The van der Waals surface area contributed by atoms with E-state index >= 15 is 0 Å². The number of hydrogen-bond donors (Lipinski definition) is 2. The fraction of sp³-hybridized carbons (Fsp3) is 0.400. The van der Waals surface area contributed by atoms with Gasteiger partial charge >= 0.3 is 0 Å². The molecule has 0 unspecified atom stereocenters. The molecule has 7 heteroatoms. The van der Waals surface area contributed by atoms with Gasteiger partial charge < -0.3 is 15.0 Å². The molecule has 116 valence electrons. The van der Waals surface area contributed by atoms with Crippen molar-refractivity contribution in [3.05, 3.63) is 52.2 Å². The quantitative estimate of drug-likeness (QED) is 0.880. The number of nitrogens with one attached hydrogen (secondary N) is 2. The van der Waals surface area contributed by atoms with Crippen LogP contribution in [0.5, 0.6) is 0 Å². The third-order valence-corrected chi connectivity index (χ3v) is 3.78. The van der Waals surface area contributed by atoms with Crippen LogP contribution in [0.3, 0.4) is 0 Å². The molecule has 2 N–H and O–H groups in total. The molecule has 0 aromatic carbocycles. The molecule has 3 rings (SSSR count). The van der Waals surface area contributed by atoms with E-state index in [2.05, 4.69) is 20.3 Å². The Bertz CT molecular complexity index is 713. The number of hydrogen-bond acceptors (Lipinski definition) is 5. The van der Waals surface area contributed by atoms with Gasteiger partial charge in [0.15, 0.2) is 5.82 Å². The molecule has 0 atom stereocenters. The van der Waals surface area contributed by atoms with Crippen LogP contribution in [-0.4, -0.2) is 28.1 Å². The molecular weight excluding hydrogens is 287 g/mol. The number of ether oxygens (including phenoxy) is 1. The summed E-state index contributed by atoms with van der Waals surface area (Å²) < 4.78 is 18.5. The summed E-state index contributed by atoms with van der Waals surface area (Å²) in [6.07, 6.45) is 4.36. The average molecular weight is 304 g/mol. The van der Waals surface area contributed by atoms with Crippen LogP contribution in [0.2, 0.25) is 0 Å². The zero-order chi connectivity index (χ0) is 15.5. The van der Waals surface area contributed by atoms with Crippen LogP contribution < -0.4 is 10.9 Å². The Morgan fingerprint density at radius 2 is 2.32 bits per heavy atom. The van der Waals surface area contributed by atoms with E-state index in [-0.39, 0.29) is 29.9 Å². The minimum absolute atomic E-state index is 0.173. The summed E-state index contributed by atoms with van der Waals surface area (Å²) in [6.45, 7) is 0.277. The number of pyridine rings is 1. The van der Waals surface area contributed by atoms with Crippen molar-refractivity contribution in [1.29, 1.82) is 0 Å². The Morgan fingerprint density at radius 3 is 3.05 bits per heavy atom. The van der Waals surface area contributed by atoms with Crippen LogP contribution in [0, 0.1) is 5.82 Å². The van der Waals surface area contributed by atoms with Gasteiger partial charge in [0.2, 0.25) is 0 Å². The molecule has 6 nitrogen and oxygen atoms in total. The highest BCUT2D eigenvalue weighted by Crippen LogP contribution is 2.37. The van der Waals surface area contributed by atoms with Crippen molar-refractivity contribution in [2.24, 2.45) is 0 Å². The van der Waals surface area contributed by atoms with Crippen molar-refractivity contribution in [2.75, 3.05) is 12.4 Å². The zero-order valence-electron chi connectivity index (χ0n) is 12.2. The predicted octanol–water partition coefficient (Wildman–Crippen LogP) is 1.81. The fourth-order valence-corrected chi connectivity index (χ4v) is 2.63. The van der Waals surface area contributed by atoms with E-state index < -0.39 is 0 Å². The number of nitrogens with zero attached hydrogens (tertiary/aromatic N) is 2. The maximum absolute atomic E-state index is 13.5. The SMILES string of the molecule is COCc1nc(C2CC(Nc3ccncc3F)C2)cc(=O)[nH]1. The molecule has 2 heterocycles. The maximum atomic E-state index is 13.5. The van der Waals surface area contributed by atoms with E-state index in [0.717, 1.165) is 18.5 Å². The van der Waals surface area contributed by atoms with Crippen molar-refractivity contribution < 1.29 is 9.13 Å². The van der Waals surface area contributed by atoms with Crippen LogP contribution in [0.15, 0.2) is 29.3 Å². The molecule has 0 amide bonds. The molecule has 2 aromatic heterocycles. The fourth-order valence-electron chi connectivity index (χ4n) is 2.63. The molecule has 1 aliphatic rings. The number of methoxy groups -OCH3 is 1. The smallest absolute Gasteiger partial charge is 0.251 e. The number of H-pyrrole nitrogens is 1. The Labute approximate surface area is 126 Å². The van der Waals surface area contributed by atoms with Gasteiger partial charge in [-0.1, -0.05) is 0 Å². The molecule has 0 radical (unpaired) electrons. The van der Waals surface area contributed by atoms with E-state index in [1.165, 1.54) is 12.3 Å². The average Bonchev–Trinajstić information content (AvgIpc) is 2.44. The Kier molecular flexibility index (Phi) is 4.15. The van der Waals surface area contributed by atoms with Crippen LogP contribution >= 0.6 is 0 Å². The number of aromatic amines is 1. The van der Waals surface area contributed by atoms with Gasteiger partial charge in [-0.2, -0.15) is 0 Å². The maximum Gasteiger partial charge on any atom is 0.251 e. The summed E-state index contributed by atoms with van der Waals surface area (Å²) in [4.78, 5) is 22.4. The Hall–Kier alpha value is -2.28. The minimum atomic E-state index is -0.359. The first kappa shape index (κ1) is 14.6. The lowest BCUT2D eigenvalue weighted by Gasteiger charge is -2.36. The number of halogens is 1. The number of rotatable bonds is 5. The molecule has 0 aliphatic heterocycles. The normalized spacial score (nSPS) is 20.5. The van der Waals surface area contributed by atoms with Crippen LogP contribution in [-0.2, 0) is 11.3 Å². The second-order valence-electron chi connectivity index (χ2n) is 5.42. The van der Waals surface area contributed by atoms with Gasteiger partial charge in [-0.15, -0.1) is 0 Å². The molecule has 1 fully saturated rings. The summed E-state index contributed by atoms with van der Waals surface area (Å²) in [7, 11) is 1.55. The Balaban J connectivity index is 1.64. The standard InChI is InChI=1S/C15H17FN4O2/c1-22-8-14-19-13(6-15(21)20-14)9-4-10(5-9)18-12-2-3-17-7-11(12)16/h2-3,6-7,9-10H,4-5,8H2,1H3,(H,17,18)(H,19,20,21). The molecular formula is C15H17FN4O2. The minimum Gasteiger partial charge on any atom is -0.380 e. The molecule has 1 saturated carbocycles. The lowest BCUT2D eigenvalue weighted by molar-refractivity contribution is 0.177. The first-order valence-corrected chi connectivity index (χ1v) is 7.11. The van der Waals surface area contributed by atoms with Crippen molar-refractivity contribution in [3.8, 4) is 0 Å². The molecule has 22 heavy (non-hydrogen) atoms. The molecule has 0 spiro atoms. The highest BCUT2D eigenvalue weighted by molar-refractivity contribution is 5.44. The molecule has 0 saturated heterocycles. The molecule has 0 bridgehead atoms. The van der Waals surface area contributed by atoms with Crippen molar-refractivity contribution in [2.45, 2.75) is 31.4 Å². The van der Waals surface area contributed by atoms with Gasteiger partial charge in [0.05, 0.1) is 17.6 Å². The van der Waals surface area contributed by atoms with E-state index in [1.807, 2.05) is 0 Å². The van der Waals surface area contributed by atoms with Gasteiger partial charge in [0, 0.05) is 31.3 Å². The number of anilines is 1. The highest BCUT2D eigenvalue weighted by Gasteiger charge is 2.32. The molecule has 2 aromatic rings. The second kappa shape index (κ2) is 6.23. The van der Waals surface area contributed by atoms with Gasteiger partial charge in [-0.3, -0.25) is 9.78 Å². The van der Waals surface area contributed by atoms with Crippen LogP contribution in [0.1, 0.15) is 30.3 Å². The van der Waals surface area contributed by atoms with Crippen LogP contribution in [0.25, 0.3) is 0 Å². The predicted molar refractivity (Wildman–Crippen MR) is 79.2 cm³/mol. The largest absolute Gasteiger partial charge is 0.380 e. The second-order valence-corrected chi connectivity index (χ2v) is 5.42. The van der Waals surface area contributed by atoms with E-state index in [1.54, 1.807) is 19.4 Å². The summed E-state index contributed by atoms with van der Waals surface area (Å²) in [5, 5.41) is 3.15. The Morgan fingerprint density at radius 1 is 1.50 bits per heavy atom. The van der Waals surface area contributed by atoms with Crippen LogP contribution in [0.4, 0.5) is 10.1 Å². The van der Waals surface area contributed by atoms with Gasteiger partial charge in [-0.25, -0.2) is 9.37 Å². The monoisotopic (exact) mass is 304 g/mol. The van der Waals surface area contributed by atoms with Crippen molar-refractivity contribution >= 4 is 5.69 Å². The summed E-state index contributed by atoms with van der Waals surface area (Å²) >= 11 is 0. The van der Waals surface area contributed by atoms with Gasteiger partial charge in [-0.05, 0) is 18.9 Å². The summed E-state index contributed by atoms with van der Waals surface area (Å²) in [5.74, 6) is 0.379. The van der Waals surface area contributed by atoms with Crippen molar-refractivity contribution in [1.82, 2.24) is 15.0 Å². The lowest BCUT2D eigenvalue weighted by Crippen LogP contribution is -2.35. The third kappa shape index (κ3) is 3.14. The van der Waals surface area contributed by atoms with E-state index in [0.29, 0.717) is 11.5 Å². The third-order valence-electron chi connectivity index (χ3n) is 3.78. The number of aromatic nitrogens is 3. The van der Waals surface area contributed by atoms with Gasteiger partial charge in [0.25, 0.3) is 5.56 Å². The highest BCUT2D eigenvalue weighted by atomic mass is 19.1. The topological polar surface area (TPSA) is 79.9 Å². The van der Waals surface area contributed by atoms with Gasteiger partial charge in [0.1, 0.15) is 12.4 Å². The summed E-state index contributed by atoms with van der Waals surface area (Å²) in [5.41, 5.74) is 1.05. The van der Waals surface area contributed by atoms with E-state index in [4.69, 9.17) is 4.74 Å². The zero-order valence-corrected chi connectivity index (χ0v) is 12.2. The first-order chi connectivity index (χ1) is 10.7. The van der Waals surface area contributed by atoms with Crippen molar-refractivity contribution in [3.63, 3.8) is 0 Å². The summed E-state index contributed by atoms with van der Waals surface area (Å²) in [6, 6.07) is 3.31. The lowest BCUT2D eigenvalue weighted by atomic mass is 9.78.